The minimum Gasteiger partial charge on any atom is -0.354 e. The predicted octanol–water partition coefficient (Wildman–Crippen LogP) is 0.922. The van der Waals surface area contributed by atoms with E-state index in [0.29, 0.717) is 4.32 Å². The van der Waals surface area contributed by atoms with Crippen molar-refractivity contribution in [2.24, 2.45) is 0 Å². The Labute approximate surface area is 81.9 Å². The Morgan fingerprint density at radius 3 is 2.92 bits per heavy atom. The molecular formula is C5H10BN2O2S2. The standard InChI is InChI=1S/C5H10BN2O2S2/c1-3-6-12-5(11)8-4(9)10-7-2/h7H,3H2,1-2H3,(H,8,9,11). The second kappa shape index (κ2) is 7.39. The van der Waals surface area contributed by atoms with Gasteiger partial charge in [-0.2, -0.15) is 17.1 Å². The smallest absolute Gasteiger partial charge is 0.354 e. The molecule has 0 bridgehead atoms. The monoisotopic (exact) mass is 205 g/mol. The average Bonchev–Trinajstić information content (AvgIpc) is 2.01. The highest BCUT2D eigenvalue weighted by molar-refractivity contribution is 8.39. The second-order valence-electron chi connectivity index (χ2n) is 1.70. The van der Waals surface area contributed by atoms with Crippen LogP contribution in [0.1, 0.15) is 6.92 Å². The Morgan fingerprint density at radius 1 is 1.75 bits per heavy atom. The lowest BCUT2D eigenvalue weighted by molar-refractivity contribution is 0.108. The molecular weight excluding hydrogens is 195 g/mol. The number of hydrogen-bond donors (Lipinski definition) is 2. The lowest BCUT2D eigenvalue weighted by Gasteiger charge is -2.04. The predicted molar refractivity (Wildman–Crippen MR) is 55.1 cm³/mol. The maximum atomic E-state index is 10.7. The van der Waals surface area contributed by atoms with Crippen molar-refractivity contribution in [3.05, 3.63) is 0 Å². The maximum Gasteiger partial charge on any atom is 0.431 e. The minimum atomic E-state index is -0.598. The van der Waals surface area contributed by atoms with Gasteiger partial charge < -0.3 is 4.84 Å². The first-order valence-corrected chi connectivity index (χ1v) is 4.66. The third-order valence-corrected chi connectivity index (χ3v) is 1.96. The Balaban J connectivity index is 3.47. The van der Waals surface area contributed by atoms with Crippen LogP contribution in [0.25, 0.3) is 0 Å². The number of carbonyl (C=O) groups is 1. The fraction of sp³-hybridized carbons (Fsp3) is 0.600. The molecule has 2 N–H and O–H groups in total. The summed E-state index contributed by atoms with van der Waals surface area (Å²) in [5.74, 6) is 0. The summed E-state index contributed by atoms with van der Waals surface area (Å²) in [6.45, 7) is 3.88. The van der Waals surface area contributed by atoms with E-state index in [1.165, 1.54) is 18.7 Å². The lowest BCUT2D eigenvalue weighted by atomic mass is 10.1. The Bertz CT molecular complexity index is 168. The van der Waals surface area contributed by atoms with Crippen LogP contribution in [-0.4, -0.2) is 24.0 Å². The summed E-state index contributed by atoms with van der Waals surface area (Å²) in [4.78, 5) is 15.1. The first kappa shape index (κ1) is 11.7. The maximum absolute atomic E-state index is 10.7. The molecule has 0 aliphatic heterocycles. The molecule has 0 aromatic carbocycles. The highest BCUT2D eigenvalue weighted by atomic mass is 32.2. The van der Waals surface area contributed by atoms with Gasteiger partial charge >= 0.3 is 6.09 Å². The number of thiocarbonyl (C=S) groups is 1. The number of amides is 1. The van der Waals surface area contributed by atoms with E-state index >= 15 is 0 Å². The average molecular weight is 205 g/mol. The molecule has 0 saturated heterocycles. The van der Waals surface area contributed by atoms with E-state index in [1.807, 2.05) is 13.5 Å². The highest BCUT2D eigenvalue weighted by Gasteiger charge is 2.04. The molecule has 0 saturated carbocycles. The molecule has 67 valence electrons. The van der Waals surface area contributed by atoms with Crippen LogP contribution < -0.4 is 10.8 Å². The second-order valence-corrected chi connectivity index (χ2v) is 3.34. The van der Waals surface area contributed by atoms with E-state index in [1.54, 1.807) is 0 Å². The molecule has 0 rings (SSSR count). The van der Waals surface area contributed by atoms with E-state index < -0.39 is 6.09 Å². The molecule has 1 radical (unpaired) electrons. The summed E-state index contributed by atoms with van der Waals surface area (Å²) >= 11 is 6.10. The molecule has 12 heavy (non-hydrogen) atoms. The zero-order chi connectivity index (χ0) is 9.40. The molecule has 0 atom stereocenters. The first-order chi connectivity index (χ1) is 5.70. The summed E-state index contributed by atoms with van der Waals surface area (Å²) in [6.07, 6.45) is 0.299. The Kier molecular flexibility index (Phi) is 7.22. The third kappa shape index (κ3) is 6.45. The number of rotatable bonds is 3. The van der Waals surface area contributed by atoms with Crippen molar-refractivity contribution in [3.63, 3.8) is 0 Å². The Hall–Kier alpha value is -0.265. The summed E-state index contributed by atoms with van der Waals surface area (Å²) in [7, 11) is 1.49. The third-order valence-electron chi connectivity index (χ3n) is 0.756. The minimum absolute atomic E-state index is 0.386. The van der Waals surface area contributed by atoms with Crippen LogP contribution >= 0.6 is 23.8 Å². The summed E-state index contributed by atoms with van der Waals surface area (Å²) in [5.41, 5.74) is 2.24. The highest BCUT2D eigenvalue weighted by Crippen LogP contribution is 2.00. The van der Waals surface area contributed by atoms with Gasteiger partial charge in [-0.15, -0.1) is 0 Å². The van der Waals surface area contributed by atoms with E-state index in [9.17, 15) is 4.79 Å². The van der Waals surface area contributed by atoms with Gasteiger partial charge in [-0.1, -0.05) is 25.5 Å². The number of hydroxylamine groups is 1. The molecule has 0 fully saturated rings. The van der Waals surface area contributed by atoms with E-state index in [2.05, 4.69) is 15.6 Å². The molecule has 1 amide bonds. The number of nitrogens with one attached hydrogen (secondary N) is 2. The van der Waals surface area contributed by atoms with Gasteiger partial charge in [0.25, 0.3) is 0 Å². The number of carbonyl (C=O) groups excluding carboxylic acids is 1. The summed E-state index contributed by atoms with van der Waals surface area (Å²) in [5, 5.41) is 2.36. The molecule has 0 aromatic rings. The summed E-state index contributed by atoms with van der Waals surface area (Å²) in [6, 6.07) is 0. The Morgan fingerprint density at radius 2 is 2.42 bits per heavy atom. The molecule has 4 nitrogen and oxygen atoms in total. The van der Waals surface area contributed by atoms with Crippen LogP contribution in [-0.2, 0) is 4.84 Å². The zero-order valence-electron chi connectivity index (χ0n) is 6.92. The number of hydrogen-bond acceptors (Lipinski definition) is 5. The van der Waals surface area contributed by atoms with Crippen LogP contribution in [0.5, 0.6) is 0 Å². The fourth-order valence-corrected chi connectivity index (χ4v) is 1.14. The quantitative estimate of drug-likeness (QED) is 0.407. The van der Waals surface area contributed by atoms with Crippen molar-refractivity contribution >= 4 is 40.8 Å². The van der Waals surface area contributed by atoms with Crippen molar-refractivity contribution in [2.75, 3.05) is 7.05 Å². The van der Waals surface area contributed by atoms with Crippen LogP contribution in [0, 0.1) is 0 Å². The van der Waals surface area contributed by atoms with E-state index in [0.717, 1.165) is 6.32 Å². The zero-order valence-corrected chi connectivity index (χ0v) is 8.55. The molecule has 0 spiro atoms. The molecule has 0 unspecified atom stereocenters. The fourth-order valence-electron chi connectivity index (χ4n) is 0.390. The molecule has 0 heterocycles. The van der Waals surface area contributed by atoms with Gasteiger partial charge in [-0.05, 0) is 0 Å². The molecule has 7 heteroatoms. The van der Waals surface area contributed by atoms with Crippen molar-refractivity contribution in [1.29, 1.82) is 0 Å². The van der Waals surface area contributed by atoms with Crippen LogP contribution in [0.15, 0.2) is 0 Å². The van der Waals surface area contributed by atoms with Crippen LogP contribution in [0.2, 0.25) is 6.32 Å². The van der Waals surface area contributed by atoms with Gasteiger partial charge in [-0.25, -0.2) is 4.79 Å². The van der Waals surface area contributed by atoms with Crippen molar-refractivity contribution < 1.29 is 9.63 Å². The first-order valence-electron chi connectivity index (χ1n) is 3.37. The van der Waals surface area contributed by atoms with Gasteiger partial charge in [0.05, 0.1) is 0 Å². The van der Waals surface area contributed by atoms with Gasteiger partial charge in [0, 0.05) is 7.05 Å². The molecule has 0 aromatic heterocycles. The van der Waals surface area contributed by atoms with Gasteiger partial charge in [-0.3, -0.25) is 5.32 Å². The van der Waals surface area contributed by atoms with E-state index in [-0.39, 0.29) is 0 Å². The van der Waals surface area contributed by atoms with Crippen molar-refractivity contribution in [1.82, 2.24) is 10.8 Å². The van der Waals surface area contributed by atoms with Gasteiger partial charge in [0.1, 0.15) is 4.32 Å². The van der Waals surface area contributed by atoms with Crippen LogP contribution in [0.3, 0.4) is 0 Å². The van der Waals surface area contributed by atoms with Gasteiger partial charge in [0.15, 0.2) is 0 Å². The van der Waals surface area contributed by atoms with Crippen molar-refractivity contribution in [2.45, 2.75) is 13.2 Å². The van der Waals surface area contributed by atoms with E-state index in [4.69, 9.17) is 12.2 Å². The molecule has 0 aliphatic rings. The van der Waals surface area contributed by atoms with Crippen LogP contribution in [0.4, 0.5) is 4.79 Å². The lowest BCUT2D eigenvalue weighted by Crippen LogP contribution is -2.31. The van der Waals surface area contributed by atoms with Gasteiger partial charge in [0.2, 0.25) is 6.56 Å². The summed E-state index contributed by atoms with van der Waals surface area (Å²) < 4.78 is 0.386. The van der Waals surface area contributed by atoms with Crippen molar-refractivity contribution in [3.8, 4) is 0 Å². The normalized spacial score (nSPS) is 8.83. The topological polar surface area (TPSA) is 50.4 Å². The largest absolute Gasteiger partial charge is 0.431 e. The molecule has 0 aliphatic carbocycles. The SMILES string of the molecule is CC[B]SC(=S)NC(=O)ONC.